The first-order valence-electron chi connectivity index (χ1n) is 10.3. The molecule has 0 atom stereocenters. The Balaban J connectivity index is 1.34. The molecule has 1 aliphatic heterocycles. The molecule has 0 amide bonds. The molecule has 0 aliphatic carbocycles. The van der Waals surface area contributed by atoms with Gasteiger partial charge in [0.15, 0.2) is 11.5 Å². The molecule has 13 heteroatoms. The maximum absolute atomic E-state index is 13.3. The lowest BCUT2D eigenvalue weighted by atomic mass is 10.2. The number of nitro benzene ring substituents is 1. The average molecular weight is 483 g/mol. The van der Waals surface area contributed by atoms with E-state index in [1.165, 1.54) is 40.7 Å². The summed E-state index contributed by atoms with van der Waals surface area (Å²) in [7, 11) is -3.77. The second kappa shape index (κ2) is 8.43. The van der Waals surface area contributed by atoms with Crippen LogP contribution in [0.4, 0.5) is 15.9 Å². The molecule has 2 aromatic heterocycles. The molecule has 1 fully saturated rings. The van der Waals surface area contributed by atoms with Crippen molar-refractivity contribution in [2.75, 3.05) is 31.1 Å². The second-order valence-corrected chi connectivity index (χ2v) is 9.57. The summed E-state index contributed by atoms with van der Waals surface area (Å²) in [5.74, 6) is 0.743. The first-order valence-corrected chi connectivity index (χ1v) is 11.7. The first kappa shape index (κ1) is 21.9. The molecule has 11 nitrogen and oxygen atoms in total. The second-order valence-electron chi connectivity index (χ2n) is 7.63. The molecule has 1 aliphatic rings. The zero-order valence-corrected chi connectivity index (χ0v) is 18.5. The maximum atomic E-state index is 13.3. The van der Waals surface area contributed by atoms with Gasteiger partial charge < -0.3 is 4.90 Å². The number of benzene rings is 2. The fourth-order valence-corrected chi connectivity index (χ4v) is 5.20. The van der Waals surface area contributed by atoms with Crippen molar-refractivity contribution < 1.29 is 17.7 Å². The predicted molar refractivity (Wildman–Crippen MR) is 120 cm³/mol. The number of anilines is 1. The van der Waals surface area contributed by atoms with E-state index in [1.807, 2.05) is 4.90 Å². The maximum Gasteiger partial charge on any atom is 0.269 e. The van der Waals surface area contributed by atoms with Crippen LogP contribution in [0.2, 0.25) is 0 Å². The van der Waals surface area contributed by atoms with Crippen molar-refractivity contribution in [3.63, 3.8) is 0 Å². The molecular weight excluding hydrogens is 465 g/mol. The minimum atomic E-state index is -3.77. The van der Waals surface area contributed by atoms with Crippen molar-refractivity contribution in [3.8, 4) is 11.4 Å². The molecule has 174 valence electrons. The summed E-state index contributed by atoms with van der Waals surface area (Å²) in [6.07, 6.45) is 0. The minimum absolute atomic E-state index is 0.0134. The molecule has 0 radical (unpaired) electrons. The lowest BCUT2D eigenvalue weighted by Crippen LogP contribution is -2.49. The molecule has 5 rings (SSSR count). The molecule has 34 heavy (non-hydrogen) atoms. The van der Waals surface area contributed by atoms with Gasteiger partial charge in [0.25, 0.3) is 5.69 Å². The Bertz CT molecular complexity index is 1470. The number of aromatic nitrogens is 4. The van der Waals surface area contributed by atoms with Crippen LogP contribution < -0.4 is 4.90 Å². The van der Waals surface area contributed by atoms with E-state index in [0.717, 1.165) is 0 Å². The summed E-state index contributed by atoms with van der Waals surface area (Å²) in [6.45, 7) is 1.26. The molecular formula is C21H18FN7O4S. The highest BCUT2D eigenvalue weighted by Gasteiger charge is 2.29. The number of piperazine rings is 1. The SMILES string of the molecule is O=[N+]([O-])c1ccc(S(=O)(=O)N2CCN(c3ccc4nnc(-c5ccc(F)cc5)n4n3)CC2)cc1. The number of halogens is 1. The molecule has 0 N–H and O–H groups in total. The molecule has 0 saturated carbocycles. The Labute approximate surface area is 193 Å². The molecule has 1 saturated heterocycles. The summed E-state index contributed by atoms with van der Waals surface area (Å²) in [5, 5.41) is 23.7. The van der Waals surface area contributed by atoms with Crippen LogP contribution in [0.15, 0.2) is 65.6 Å². The van der Waals surface area contributed by atoms with Crippen LogP contribution in [0.25, 0.3) is 17.0 Å². The van der Waals surface area contributed by atoms with Gasteiger partial charge in [-0.15, -0.1) is 15.3 Å². The number of sulfonamides is 1. The third kappa shape index (κ3) is 3.95. The van der Waals surface area contributed by atoms with Gasteiger partial charge >= 0.3 is 0 Å². The number of non-ortho nitro benzene ring substituents is 1. The van der Waals surface area contributed by atoms with Crippen molar-refractivity contribution in [2.45, 2.75) is 4.90 Å². The van der Waals surface area contributed by atoms with E-state index in [1.54, 1.807) is 28.8 Å². The Morgan fingerprint density at radius 2 is 1.56 bits per heavy atom. The van der Waals surface area contributed by atoms with Crippen molar-refractivity contribution in [1.82, 2.24) is 24.1 Å². The van der Waals surface area contributed by atoms with E-state index in [4.69, 9.17) is 0 Å². The summed E-state index contributed by atoms with van der Waals surface area (Å²) < 4.78 is 42.1. The van der Waals surface area contributed by atoms with E-state index in [2.05, 4.69) is 15.3 Å². The van der Waals surface area contributed by atoms with Crippen molar-refractivity contribution >= 4 is 27.2 Å². The standard InChI is InChI=1S/C21H18FN7O4S/c22-16-3-1-15(2-4-16)21-24-23-19-9-10-20(25-28(19)21)26-11-13-27(14-12-26)34(32,33)18-7-5-17(6-8-18)29(30)31/h1-10H,11-14H2. The molecule has 2 aromatic carbocycles. The van der Waals surface area contributed by atoms with Crippen molar-refractivity contribution in [3.05, 3.63) is 76.6 Å². The van der Waals surface area contributed by atoms with E-state index in [-0.39, 0.29) is 29.5 Å². The molecule has 0 spiro atoms. The van der Waals surface area contributed by atoms with Gasteiger partial charge in [-0.3, -0.25) is 10.1 Å². The minimum Gasteiger partial charge on any atom is -0.353 e. The molecule has 3 heterocycles. The lowest BCUT2D eigenvalue weighted by molar-refractivity contribution is -0.384. The predicted octanol–water partition coefficient (Wildman–Crippen LogP) is 2.35. The monoisotopic (exact) mass is 483 g/mol. The van der Waals surface area contributed by atoms with Crippen LogP contribution in [0.3, 0.4) is 0 Å². The topological polar surface area (TPSA) is 127 Å². The van der Waals surface area contributed by atoms with E-state index < -0.39 is 14.9 Å². The Kier molecular flexibility index (Phi) is 5.42. The van der Waals surface area contributed by atoms with E-state index >= 15 is 0 Å². The summed E-state index contributed by atoms with van der Waals surface area (Å²) in [5.41, 5.74) is 1.03. The van der Waals surface area contributed by atoms with Crippen LogP contribution in [0, 0.1) is 15.9 Å². The number of nitrogens with zero attached hydrogens (tertiary/aromatic N) is 7. The zero-order valence-electron chi connectivity index (χ0n) is 17.7. The zero-order chi connectivity index (χ0) is 23.9. The highest BCUT2D eigenvalue weighted by atomic mass is 32.2. The Morgan fingerprint density at radius 1 is 0.882 bits per heavy atom. The van der Waals surface area contributed by atoms with Gasteiger partial charge in [0.2, 0.25) is 10.0 Å². The fourth-order valence-electron chi connectivity index (χ4n) is 3.77. The fraction of sp³-hybridized carbons (Fsp3) is 0.190. The Hall–Kier alpha value is -3.97. The van der Waals surface area contributed by atoms with Crippen LogP contribution in [0.5, 0.6) is 0 Å². The van der Waals surface area contributed by atoms with Crippen molar-refractivity contribution in [1.29, 1.82) is 0 Å². The van der Waals surface area contributed by atoms with Gasteiger partial charge in [0, 0.05) is 43.9 Å². The van der Waals surface area contributed by atoms with Gasteiger partial charge in [-0.1, -0.05) is 0 Å². The Morgan fingerprint density at radius 3 is 2.21 bits per heavy atom. The van der Waals surface area contributed by atoms with Gasteiger partial charge in [0.1, 0.15) is 11.6 Å². The third-order valence-corrected chi connectivity index (χ3v) is 7.51. The van der Waals surface area contributed by atoms with Crippen molar-refractivity contribution in [2.24, 2.45) is 0 Å². The van der Waals surface area contributed by atoms with Crippen LogP contribution >= 0.6 is 0 Å². The smallest absolute Gasteiger partial charge is 0.269 e. The number of rotatable bonds is 5. The third-order valence-electron chi connectivity index (χ3n) is 5.60. The highest BCUT2D eigenvalue weighted by molar-refractivity contribution is 7.89. The summed E-state index contributed by atoms with van der Waals surface area (Å²) >= 11 is 0. The van der Waals surface area contributed by atoms with Crippen LogP contribution in [0.1, 0.15) is 0 Å². The first-order chi connectivity index (χ1) is 16.3. The van der Waals surface area contributed by atoms with E-state index in [9.17, 15) is 22.9 Å². The lowest BCUT2D eigenvalue weighted by Gasteiger charge is -2.34. The number of nitro groups is 1. The van der Waals surface area contributed by atoms with Gasteiger partial charge in [-0.05, 0) is 48.5 Å². The normalized spacial score (nSPS) is 15.0. The number of hydrogen-bond acceptors (Lipinski definition) is 8. The average Bonchev–Trinajstić information content (AvgIpc) is 3.28. The van der Waals surface area contributed by atoms with Gasteiger partial charge in [-0.25, -0.2) is 12.8 Å². The quantitative estimate of drug-likeness (QED) is 0.313. The highest BCUT2D eigenvalue weighted by Crippen LogP contribution is 2.24. The van der Waals surface area contributed by atoms with E-state index in [0.29, 0.717) is 35.9 Å². The van der Waals surface area contributed by atoms with Crippen LogP contribution in [-0.2, 0) is 10.0 Å². The van der Waals surface area contributed by atoms with Gasteiger partial charge in [-0.2, -0.15) is 8.82 Å². The largest absolute Gasteiger partial charge is 0.353 e. The van der Waals surface area contributed by atoms with Crippen LogP contribution in [-0.4, -0.2) is 63.6 Å². The summed E-state index contributed by atoms with van der Waals surface area (Å²) in [4.78, 5) is 12.2. The summed E-state index contributed by atoms with van der Waals surface area (Å²) in [6, 6.07) is 14.3. The number of fused-ring (bicyclic) bond motifs is 1. The van der Waals surface area contributed by atoms with Gasteiger partial charge in [0.05, 0.1) is 9.82 Å². The molecule has 0 unspecified atom stereocenters. The molecule has 4 aromatic rings. The number of hydrogen-bond donors (Lipinski definition) is 0. The molecule has 0 bridgehead atoms.